The van der Waals surface area contributed by atoms with Gasteiger partial charge < -0.3 is 5.32 Å². The minimum absolute atomic E-state index is 0.755. The summed E-state index contributed by atoms with van der Waals surface area (Å²) >= 11 is 1.62. The van der Waals surface area contributed by atoms with Crippen molar-refractivity contribution in [2.75, 3.05) is 6.54 Å². The van der Waals surface area contributed by atoms with Crippen LogP contribution in [0.25, 0.3) is 10.6 Å². The van der Waals surface area contributed by atoms with Crippen molar-refractivity contribution >= 4 is 11.3 Å². The molecule has 2 aromatic heterocycles. The first-order valence-corrected chi connectivity index (χ1v) is 6.54. The third-order valence-corrected chi connectivity index (χ3v) is 3.66. The van der Waals surface area contributed by atoms with Crippen LogP contribution in [-0.4, -0.2) is 32.8 Å². The van der Waals surface area contributed by atoms with Gasteiger partial charge in [0.05, 0.1) is 0 Å². The molecule has 5 nitrogen and oxygen atoms in total. The lowest BCUT2D eigenvalue weighted by atomic mass is 10.4. The molecule has 0 radical (unpaired) electrons. The molecule has 1 saturated carbocycles. The van der Waals surface area contributed by atoms with Crippen molar-refractivity contribution in [3.05, 3.63) is 23.7 Å². The smallest absolute Gasteiger partial charge is 0.150 e. The van der Waals surface area contributed by atoms with Gasteiger partial charge in [-0.05, 0) is 12.8 Å². The Kier molecular flexibility index (Phi) is 3.06. The highest BCUT2D eigenvalue weighted by molar-refractivity contribution is 7.14. The highest BCUT2D eigenvalue weighted by atomic mass is 32.1. The van der Waals surface area contributed by atoms with Gasteiger partial charge in [0.1, 0.15) is 11.3 Å². The van der Waals surface area contributed by atoms with Crippen LogP contribution < -0.4 is 5.32 Å². The molecule has 2 heterocycles. The maximum Gasteiger partial charge on any atom is 0.150 e. The molecule has 2 aromatic rings. The summed E-state index contributed by atoms with van der Waals surface area (Å²) in [5.74, 6) is 0. The van der Waals surface area contributed by atoms with Crippen LogP contribution in [0.2, 0.25) is 0 Å². The zero-order valence-corrected chi connectivity index (χ0v) is 10.2. The molecule has 0 amide bonds. The summed E-state index contributed by atoms with van der Waals surface area (Å²) in [6, 6.07) is 0.755. The molecule has 1 aliphatic carbocycles. The Labute approximate surface area is 103 Å². The normalized spacial score (nSPS) is 15.1. The van der Waals surface area contributed by atoms with Gasteiger partial charge in [-0.25, -0.2) is 9.97 Å². The quantitative estimate of drug-likeness (QED) is 0.862. The lowest BCUT2D eigenvalue weighted by Gasteiger charge is -1.97. The van der Waals surface area contributed by atoms with Crippen molar-refractivity contribution < 1.29 is 0 Å². The second kappa shape index (κ2) is 4.85. The summed E-state index contributed by atoms with van der Waals surface area (Å²) in [4.78, 5) is 7.96. The van der Waals surface area contributed by atoms with Crippen molar-refractivity contribution in [2.24, 2.45) is 0 Å². The van der Waals surface area contributed by atoms with E-state index in [0.717, 1.165) is 34.6 Å². The van der Waals surface area contributed by atoms with Gasteiger partial charge in [-0.3, -0.25) is 0 Å². The fraction of sp³-hybridized carbons (Fsp3) is 0.455. The van der Waals surface area contributed by atoms with E-state index in [9.17, 15) is 0 Å². The molecule has 1 fully saturated rings. The average molecular weight is 247 g/mol. The molecule has 0 atom stereocenters. The molecular formula is C11H13N5S. The molecule has 0 unspecified atom stereocenters. The van der Waals surface area contributed by atoms with Crippen molar-refractivity contribution in [3.8, 4) is 10.6 Å². The van der Waals surface area contributed by atoms with Crippen LogP contribution in [0.15, 0.2) is 18.7 Å². The van der Waals surface area contributed by atoms with E-state index in [0.29, 0.717) is 0 Å². The fourth-order valence-corrected chi connectivity index (χ4v) is 2.37. The van der Waals surface area contributed by atoms with E-state index in [1.54, 1.807) is 23.7 Å². The Hall–Kier alpha value is -1.40. The average Bonchev–Trinajstić information content (AvgIpc) is 3.07. The standard InChI is InChI=1S/C11H13N5S/c1-2-9(1)14-4-3-10-15-16-11(17-10)8-5-12-7-13-6-8/h5-7,9,14H,1-4H2. The molecule has 1 N–H and O–H groups in total. The number of hydrogen-bond donors (Lipinski definition) is 1. The highest BCUT2D eigenvalue weighted by Crippen LogP contribution is 2.22. The third kappa shape index (κ3) is 2.83. The van der Waals surface area contributed by atoms with Crippen LogP contribution in [0, 0.1) is 0 Å². The van der Waals surface area contributed by atoms with Gasteiger partial charge in [0, 0.05) is 37.0 Å². The zero-order valence-electron chi connectivity index (χ0n) is 9.33. The van der Waals surface area contributed by atoms with Gasteiger partial charge in [0.25, 0.3) is 0 Å². The first-order valence-electron chi connectivity index (χ1n) is 5.73. The molecule has 17 heavy (non-hydrogen) atoms. The van der Waals surface area contributed by atoms with E-state index in [1.807, 2.05) is 0 Å². The van der Waals surface area contributed by atoms with Crippen LogP contribution in [-0.2, 0) is 6.42 Å². The summed E-state index contributed by atoms with van der Waals surface area (Å²) in [7, 11) is 0. The number of hydrogen-bond acceptors (Lipinski definition) is 6. The Balaban J connectivity index is 1.61. The predicted molar refractivity (Wildman–Crippen MR) is 65.7 cm³/mol. The first kappa shape index (κ1) is 10.7. The molecule has 3 rings (SSSR count). The van der Waals surface area contributed by atoms with Crippen LogP contribution in [0.3, 0.4) is 0 Å². The zero-order chi connectivity index (χ0) is 11.5. The van der Waals surface area contributed by atoms with Gasteiger partial charge in [-0.1, -0.05) is 11.3 Å². The minimum Gasteiger partial charge on any atom is -0.314 e. The molecule has 6 heteroatoms. The van der Waals surface area contributed by atoms with E-state index in [-0.39, 0.29) is 0 Å². The number of rotatable bonds is 5. The van der Waals surface area contributed by atoms with Crippen molar-refractivity contribution in [1.29, 1.82) is 0 Å². The maximum absolute atomic E-state index is 4.18. The maximum atomic E-state index is 4.18. The summed E-state index contributed by atoms with van der Waals surface area (Å²) in [6.45, 7) is 0.991. The molecule has 0 aromatic carbocycles. The van der Waals surface area contributed by atoms with Crippen LogP contribution in [0.4, 0.5) is 0 Å². The monoisotopic (exact) mass is 247 g/mol. The second-order valence-electron chi connectivity index (χ2n) is 4.11. The minimum atomic E-state index is 0.755. The third-order valence-electron chi connectivity index (χ3n) is 2.62. The van der Waals surface area contributed by atoms with E-state index in [1.165, 1.54) is 19.2 Å². The highest BCUT2D eigenvalue weighted by Gasteiger charge is 2.19. The van der Waals surface area contributed by atoms with Crippen molar-refractivity contribution in [1.82, 2.24) is 25.5 Å². The largest absolute Gasteiger partial charge is 0.314 e. The SMILES string of the molecule is c1ncc(-c2nnc(CCNC3CC3)s2)cn1. The number of nitrogens with zero attached hydrogens (tertiary/aromatic N) is 4. The molecule has 1 aliphatic rings. The summed E-state index contributed by atoms with van der Waals surface area (Å²) in [5.41, 5.74) is 0.936. The molecular weight excluding hydrogens is 234 g/mol. The lowest BCUT2D eigenvalue weighted by Crippen LogP contribution is -2.19. The van der Waals surface area contributed by atoms with Crippen LogP contribution in [0.1, 0.15) is 17.8 Å². The van der Waals surface area contributed by atoms with E-state index >= 15 is 0 Å². The fourth-order valence-electron chi connectivity index (χ4n) is 1.55. The van der Waals surface area contributed by atoms with Gasteiger partial charge in [0.15, 0.2) is 5.01 Å². The van der Waals surface area contributed by atoms with Gasteiger partial charge in [-0.15, -0.1) is 10.2 Å². The topological polar surface area (TPSA) is 63.6 Å². The number of nitrogens with one attached hydrogen (secondary N) is 1. The first-order chi connectivity index (χ1) is 8.42. The van der Waals surface area contributed by atoms with Crippen molar-refractivity contribution in [2.45, 2.75) is 25.3 Å². The lowest BCUT2D eigenvalue weighted by molar-refractivity contribution is 0.677. The number of aromatic nitrogens is 4. The molecule has 0 aliphatic heterocycles. The second-order valence-corrected chi connectivity index (χ2v) is 5.17. The van der Waals surface area contributed by atoms with Crippen LogP contribution in [0.5, 0.6) is 0 Å². The van der Waals surface area contributed by atoms with Crippen molar-refractivity contribution in [3.63, 3.8) is 0 Å². The predicted octanol–water partition coefficient (Wildman–Crippen LogP) is 1.29. The Bertz CT molecular complexity index is 480. The van der Waals surface area contributed by atoms with Gasteiger partial charge in [-0.2, -0.15) is 0 Å². The molecule has 0 spiro atoms. The van der Waals surface area contributed by atoms with Gasteiger partial charge in [0.2, 0.25) is 0 Å². The van der Waals surface area contributed by atoms with E-state index < -0.39 is 0 Å². The molecule has 88 valence electrons. The molecule has 0 bridgehead atoms. The van der Waals surface area contributed by atoms with E-state index in [2.05, 4.69) is 25.5 Å². The summed E-state index contributed by atoms with van der Waals surface area (Å²) < 4.78 is 0. The van der Waals surface area contributed by atoms with E-state index in [4.69, 9.17) is 0 Å². The van der Waals surface area contributed by atoms with Crippen LogP contribution >= 0.6 is 11.3 Å². The Morgan fingerprint density at radius 1 is 1.24 bits per heavy atom. The summed E-state index contributed by atoms with van der Waals surface area (Å²) in [5, 5.41) is 13.8. The summed E-state index contributed by atoms with van der Waals surface area (Å²) in [6.07, 6.45) is 8.64. The van der Waals surface area contributed by atoms with Gasteiger partial charge >= 0.3 is 0 Å². The Morgan fingerprint density at radius 2 is 2.06 bits per heavy atom. The molecule has 0 saturated heterocycles. The Morgan fingerprint density at radius 3 is 2.82 bits per heavy atom.